The molecule has 4 nitrogen and oxygen atoms in total. The first-order valence-electron chi connectivity index (χ1n) is 8.52. The average Bonchev–Trinajstić information content (AvgIpc) is 2.67. The molecule has 4 rings (SSSR count). The molecule has 1 N–H and O–H groups in total. The Kier molecular flexibility index (Phi) is 4.19. The number of pyridine rings is 1. The molecule has 0 saturated heterocycles. The van der Waals surface area contributed by atoms with Crippen LogP contribution in [0.3, 0.4) is 0 Å². The Labute approximate surface area is 152 Å². The van der Waals surface area contributed by atoms with Gasteiger partial charge in [0.2, 0.25) is 0 Å². The number of methoxy groups -OCH3 is 1. The van der Waals surface area contributed by atoms with E-state index in [1.807, 2.05) is 47.4 Å². The van der Waals surface area contributed by atoms with Crippen molar-refractivity contribution in [2.24, 2.45) is 0 Å². The summed E-state index contributed by atoms with van der Waals surface area (Å²) in [6, 6.07) is 22.0. The van der Waals surface area contributed by atoms with Gasteiger partial charge in [-0.1, -0.05) is 30.3 Å². The highest BCUT2D eigenvalue weighted by Crippen LogP contribution is 2.36. The highest BCUT2D eigenvalue weighted by atomic mass is 16.5. The van der Waals surface area contributed by atoms with Gasteiger partial charge in [0.1, 0.15) is 12.5 Å². The number of para-hydroxylation sites is 1. The highest BCUT2D eigenvalue weighted by molar-refractivity contribution is 6.01. The number of aryl methyl sites for hydroxylation is 1. The molecule has 4 aromatic rings. The van der Waals surface area contributed by atoms with Gasteiger partial charge in [-0.2, -0.15) is 0 Å². The number of benzene rings is 3. The molecule has 0 amide bonds. The molecule has 0 radical (unpaired) electrons. The van der Waals surface area contributed by atoms with Crippen LogP contribution in [0.15, 0.2) is 66.7 Å². The SMILES string of the molecule is COc1cc(N(CO)c2ccccc2)c2cc3ccc(C)cc3nc2c1. The van der Waals surface area contributed by atoms with E-state index in [-0.39, 0.29) is 6.73 Å². The summed E-state index contributed by atoms with van der Waals surface area (Å²) in [6.07, 6.45) is 0. The molecule has 0 aliphatic heterocycles. The molecule has 1 aromatic heterocycles. The number of aliphatic hydroxyl groups is 1. The monoisotopic (exact) mass is 344 g/mol. The molecule has 0 atom stereocenters. The van der Waals surface area contributed by atoms with Crippen LogP contribution in [-0.2, 0) is 0 Å². The van der Waals surface area contributed by atoms with E-state index in [1.54, 1.807) is 7.11 Å². The van der Waals surface area contributed by atoms with Crippen molar-refractivity contribution in [2.45, 2.75) is 6.92 Å². The van der Waals surface area contributed by atoms with Gasteiger partial charge in [0.15, 0.2) is 0 Å². The molecule has 1 heterocycles. The number of fused-ring (bicyclic) bond motifs is 2. The van der Waals surface area contributed by atoms with Gasteiger partial charge < -0.3 is 14.7 Å². The molecule has 0 aliphatic carbocycles. The third-order valence-corrected chi connectivity index (χ3v) is 4.57. The number of nitrogens with zero attached hydrogens (tertiary/aromatic N) is 2. The summed E-state index contributed by atoms with van der Waals surface area (Å²) in [5, 5.41) is 12.1. The maximum Gasteiger partial charge on any atom is 0.123 e. The molecule has 3 aromatic carbocycles. The Hall–Kier alpha value is -3.11. The van der Waals surface area contributed by atoms with Gasteiger partial charge in [0, 0.05) is 28.6 Å². The summed E-state index contributed by atoms with van der Waals surface area (Å²) in [4.78, 5) is 6.68. The Morgan fingerprint density at radius 1 is 0.962 bits per heavy atom. The molecular weight excluding hydrogens is 324 g/mol. The van der Waals surface area contributed by atoms with E-state index in [0.29, 0.717) is 5.75 Å². The molecule has 0 bridgehead atoms. The smallest absolute Gasteiger partial charge is 0.123 e. The van der Waals surface area contributed by atoms with Crippen molar-refractivity contribution in [3.8, 4) is 5.75 Å². The minimum absolute atomic E-state index is 0.141. The molecule has 26 heavy (non-hydrogen) atoms. The van der Waals surface area contributed by atoms with Crippen LogP contribution in [0.25, 0.3) is 21.8 Å². The standard InChI is InChI=1S/C22H20N2O2/c1-15-8-9-16-11-19-21(23-20(16)10-15)12-18(26-2)13-22(19)24(14-25)17-6-4-3-5-7-17/h3-13,25H,14H2,1-2H3. The second-order valence-corrected chi connectivity index (χ2v) is 6.30. The largest absolute Gasteiger partial charge is 0.497 e. The van der Waals surface area contributed by atoms with Gasteiger partial charge in [-0.15, -0.1) is 0 Å². The summed E-state index contributed by atoms with van der Waals surface area (Å²) >= 11 is 0. The quantitative estimate of drug-likeness (QED) is 0.427. The number of anilines is 2. The summed E-state index contributed by atoms with van der Waals surface area (Å²) in [5.41, 5.74) is 4.74. The lowest BCUT2D eigenvalue weighted by atomic mass is 10.1. The second-order valence-electron chi connectivity index (χ2n) is 6.30. The number of rotatable bonds is 4. The van der Waals surface area contributed by atoms with Gasteiger partial charge in [0.05, 0.1) is 23.8 Å². The molecule has 0 saturated carbocycles. The van der Waals surface area contributed by atoms with Gasteiger partial charge >= 0.3 is 0 Å². The Morgan fingerprint density at radius 3 is 2.50 bits per heavy atom. The van der Waals surface area contributed by atoms with Crippen LogP contribution >= 0.6 is 0 Å². The van der Waals surface area contributed by atoms with Crippen molar-refractivity contribution in [1.29, 1.82) is 0 Å². The third-order valence-electron chi connectivity index (χ3n) is 4.57. The van der Waals surface area contributed by atoms with E-state index in [1.165, 1.54) is 5.56 Å². The fourth-order valence-electron chi connectivity index (χ4n) is 3.24. The minimum atomic E-state index is -0.141. The van der Waals surface area contributed by atoms with E-state index in [2.05, 4.69) is 31.2 Å². The predicted molar refractivity (Wildman–Crippen MR) is 106 cm³/mol. The minimum Gasteiger partial charge on any atom is -0.497 e. The molecule has 130 valence electrons. The normalized spacial score (nSPS) is 11.0. The number of hydrogen-bond acceptors (Lipinski definition) is 4. The molecule has 4 heteroatoms. The first kappa shape index (κ1) is 16.4. The van der Waals surface area contributed by atoms with Gasteiger partial charge in [-0.3, -0.25) is 0 Å². The van der Waals surface area contributed by atoms with E-state index < -0.39 is 0 Å². The Balaban J connectivity index is 2.01. The second kappa shape index (κ2) is 6.65. The fraction of sp³-hybridized carbons (Fsp3) is 0.136. The van der Waals surface area contributed by atoms with Crippen molar-refractivity contribution < 1.29 is 9.84 Å². The number of ether oxygens (including phenoxy) is 1. The average molecular weight is 344 g/mol. The molecule has 0 fully saturated rings. The molecular formula is C22H20N2O2. The van der Waals surface area contributed by atoms with Gasteiger partial charge in [0.25, 0.3) is 0 Å². The van der Waals surface area contributed by atoms with Gasteiger partial charge in [-0.25, -0.2) is 4.98 Å². The Bertz CT molecular complexity index is 1080. The van der Waals surface area contributed by atoms with E-state index >= 15 is 0 Å². The van der Waals surface area contributed by atoms with Crippen LogP contribution in [0.1, 0.15) is 5.56 Å². The Morgan fingerprint density at radius 2 is 1.77 bits per heavy atom. The van der Waals surface area contributed by atoms with Crippen LogP contribution in [0.4, 0.5) is 11.4 Å². The summed E-state index contributed by atoms with van der Waals surface area (Å²) < 4.78 is 5.48. The zero-order chi connectivity index (χ0) is 18.1. The maximum atomic E-state index is 10.1. The van der Waals surface area contributed by atoms with Crippen molar-refractivity contribution in [1.82, 2.24) is 4.98 Å². The van der Waals surface area contributed by atoms with E-state index in [9.17, 15) is 5.11 Å². The van der Waals surface area contributed by atoms with Crippen molar-refractivity contribution in [3.05, 3.63) is 72.3 Å². The maximum absolute atomic E-state index is 10.1. The summed E-state index contributed by atoms with van der Waals surface area (Å²) in [5.74, 6) is 0.710. The lowest BCUT2D eigenvalue weighted by molar-refractivity contribution is 0.305. The fourth-order valence-corrected chi connectivity index (χ4v) is 3.24. The number of hydrogen-bond donors (Lipinski definition) is 1. The lowest BCUT2D eigenvalue weighted by Gasteiger charge is -2.24. The van der Waals surface area contributed by atoms with Crippen molar-refractivity contribution >= 4 is 33.2 Å². The number of aliphatic hydroxyl groups excluding tert-OH is 1. The zero-order valence-electron chi connectivity index (χ0n) is 14.8. The van der Waals surface area contributed by atoms with Gasteiger partial charge in [-0.05, 0) is 36.8 Å². The third kappa shape index (κ3) is 2.85. The van der Waals surface area contributed by atoms with Crippen LogP contribution < -0.4 is 9.64 Å². The van der Waals surface area contributed by atoms with Crippen LogP contribution in [0.2, 0.25) is 0 Å². The molecule has 0 aliphatic rings. The zero-order valence-corrected chi connectivity index (χ0v) is 14.8. The topological polar surface area (TPSA) is 45.6 Å². The van der Waals surface area contributed by atoms with Crippen LogP contribution in [0, 0.1) is 6.92 Å². The molecule has 0 unspecified atom stereocenters. The predicted octanol–water partition coefficient (Wildman–Crippen LogP) is 4.79. The first-order chi connectivity index (χ1) is 12.7. The van der Waals surface area contributed by atoms with E-state index in [0.717, 1.165) is 33.2 Å². The summed E-state index contributed by atoms with van der Waals surface area (Å²) in [7, 11) is 1.64. The van der Waals surface area contributed by atoms with E-state index in [4.69, 9.17) is 9.72 Å². The highest BCUT2D eigenvalue weighted by Gasteiger charge is 2.15. The lowest BCUT2D eigenvalue weighted by Crippen LogP contribution is -2.18. The summed E-state index contributed by atoms with van der Waals surface area (Å²) in [6.45, 7) is 1.92. The first-order valence-corrected chi connectivity index (χ1v) is 8.52. The van der Waals surface area contributed by atoms with Crippen LogP contribution in [-0.4, -0.2) is 23.9 Å². The van der Waals surface area contributed by atoms with Crippen molar-refractivity contribution in [2.75, 3.05) is 18.7 Å². The van der Waals surface area contributed by atoms with Crippen LogP contribution in [0.5, 0.6) is 5.75 Å². The molecule has 0 spiro atoms. The number of aromatic nitrogens is 1. The van der Waals surface area contributed by atoms with Crippen molar-refractivity contribution in [3.63, 3.8) is 0 Å².